The van der Waals surface area contributed by atoms with Crippen LogP contribution in [0.3, 0.4) is 0 Å². The second-order valence-corrected chi connectivity index (χ2v) is 7.54. The first-order valence-corrected chi connectivity index (χ1v) is 9.68. The Labute approximate surface area is 157 Å². The molecule has 4 nitrogen and oxygen atoms in total. The Morgan fingerprint density at radius 2 is 1.73 bits per heavy atom. The molecule has 0 atom stereocenters. The van der Waals surface area contributed by atoms with E-state index in [1.165, 1.54) is 4.70 Å². The maximum atomic E-state index is 12.4. The number of benzene rings is 2. The summed E-state index contributed by atoms with van der Waals surface area (Å²) >= 11 is 1.76. The van der Waals surface area contributed by atoms with Crippen molar-refractivity contribution in [1.29, 1.82) is 0 Å². The minimum Gasteiger partial charge on any atom is -0.337 e. The van der Waals surface area contributed by atoms with Gasteiger partial charge in [0.05, 0.1) is 16.8 Å². The fourth-order valence-corrected chi connectivity index (χ4v) is 4.15. The second kappa shape index (κ2) is 7.81. The number of hydrogen-bond donors (Lipinski definition) is 0. The molecule has 1 aliphatic rings. The third-order valence-corrected chi connectivity index (χ3v) is 5.62. The Hall–Kier alpha value is -2.50. The number of piperazine rings is 1. The zero-order valence-electron chi connectivity index (χ0n) is 14.5. The number of aromatic nitrogens is 1. The van der Waals surface area contributed by atoms with Crippen LogP contribution in [0.15, 0.2) is 60.7 Å². The van der Waals surface area contributed by atoms with Crippen LogP contribution in [0.2, 0.25) is 0 Å². The van der Waals surface area contributed by atoms with Crippen molar-refractivity contribution in [3.8, 4) is 0 Å². The lowest BCUT2D eigenvalue weighted by molar-refractivity contribution is -0.127. The highest BCUT2D eigenvalue weighted by atomic mass is 32.1. The molecular formula is C21H21N3OS. The summed E-state index contributed by atoms with van der Waals surface area (Å²) in [6.07, 6.45) is 3.56. The van der Waals surface area contributed by atoms with Crippen LogP contribution in [0.25, 0.3) is 16.3 Å². The van der Waals surface area contributed by atoms with Gasteiger partial charge >= 0.3 is 0 Å². The minimum atomic E-state index is 0.0912. The summed E-state index contributed by atoms with van der Waals surface area (Å²) in [6.45, 7) is 4.18. The average Bonchev–Trinajstić information content (AvgIpc) is 3.10. The van der Waals surface area contributed by atoms with Crippen LogP contribution in [-0.4, -0.2) is 46.9 Å². The summed E-state index contributed by atoms with van der Waals surface area (Å²) in [6, 6.07) is 18.2. The van der Waals surface area contributed by atoms with Crippen molar-refractivity contribution in [2.24, 2.45) is 0 Å². The normalized spacial score (nSPS) is 15.8. The van der Waals surface area contributed by atoms with Crippen LogP contribution in [-0.2, 0) is 11.3 Å². The van der Waals surface area contributed by atoms with E-state index >= 15 is 0 Å². The van der Waals surface area contributed by atoms with Crippen LogP contribution in [0.1, 0.15) is 10.6 Å². The highest BCUT2D eigenvalue weighted by Gasteiger charge is 2.20. The van der Waals surface area contributed by atoms with Crippen molar-refractivity contribution in [3.05, 3.63) is 71.2 Å². The third kappa shape index (κ3) is 4.00. The maximum Gasteiger partial charge on any atom is 0.246 e. The van der Waals surface area contributed by atoms with Crippen LogP contribution < -0.4 is 0 Å². The molecule has 0 radical (unpaired) electrons. The molecule has 1 fully saturated rings. The van der Waals surface area contributed by atoms with Gasteiger partial charge in [-0.3, -0.25) is 9.69 Å². The molecule has 2 aromatic carbocycles. The van der Waals surface area contributed by atoms with Crippen molar-refractivity contribution in [2.45, 2.75) is 6.54 Å². The number of amides is 1. The number of para-hydroxylation sites is 1. The van der Waals surface area contributed by atoms with Gasteiger partial charge in [0.15, 0.2) is 0 Å². The molecule has 0 unspecified atom stereocenters. The first kappa shape index (κ1) is 16.9. The van der Waals surface area contributed by atoms with Crippen molar-refractivity contribution in [3.63, 3.8) is 0 Å². The lowest BCUT2D eigenvalue weighted by Crippen LogP contribution is -2.47. The van der Waals surface area contributed by atoms with Crippen LogP contribution in [0.5, 0.6) is 0 Å². The quantitative estimate of drug-likeness (QED) is 0.664. The second-order valence-electron chi connectivity index (χ2n) is 6.42. The molecule has 0 bridgehead atoms. The van der Waals surface area contributed by atoms with Crippen molar-refractivity contribution < 1.29 is 4.79 Å². The van der Waals surface area contributed by atoms with E-state index in [1.807, 2.05) is 47.4 Å². The van der Waals surface area contributed by atoms with E-state index in [-0.39, 0.29) is 5.91 Å². The fourth-order valence-electron chi connectivity index (χ4n) is 3.14. The number of hydrogen-bond acceptors (Lipinski definition) is 4. The van der Waals surface area contributed by atoms with E-state index in [1.54, 1.807) is 17.4 Å². The molecule has 4 rings (SSSR count). The first-order chi connectivity index (χ1) is 12.8. The average molecular weight is 363 g/mol. The van der Waals surface area contributed by atoms with Gasteiger partial charge in [-0.1, -0.05) is 42.5 Å². The summed E-state index contributed by atoms with van der Waals surface area (Å²) in [5.41, 5.74) is 2.13. The molecule has 26 heavy (non-hydrogen) atoms. The Morgan fingerprint density at radius 3 is 2.50 bits per heavy atom. The SMILES string of the molecule is O=C(C=Cc1ccccc1)N1CCN(Cc2nc3ccccc3s2)CC1. The Bertz CT molecular complexity index is 878. The molecule has 1 aromatic heterocycles. The summed E-state index contributed by atoms with van der Waals surface area (Å²) in [7, 11) is 0. The van der Waals surface area contributed by atoms with Gasteiger partial charge in [-0.25, -0.2) is 4.98 Å². The third-order valence-electron chi connectivity index (χ3n) is 4.60. The Kier molecular flexibility index (Phi) is 5.09. The molecule has 0 saturated carbocycles. The molecule has 5 heteroatoms. The fraction of sp³-hybridized carbons (Fsp3) is 0.238. The number of rotatable bonds is 4. The summed E-state index contributed by atoms with van der Waals surface area (Å²) < 4.78 is 1.24. The van der Waals surface area contributed by atoms with Gasteiger partial charge in [0, 0.05) is 32.3 Å². The first-order valence-electron chi connectivity index (χ1n) is 8.87. The lowest BCUT2D eigenvalue weighted by Gasteiger charge is -2.33. The molecule has 1 aliphatic heterocycles. The molecule has 0 aliphatic carbocycles. The molecule has 0 spiro atoms. The number of carbonyl (C=O) groups is 1. The number of carbonyl (C=O) groups excluding carboxylic acids is 1. The van der Waals surface area contributed by atoms with Crippen LogP contribution in [0.4, 0.5) is 0 Å². The van der Waals surface area contributed by atoms with Crippen molar-refractivity contribution in [1.82, 2.24) is 14.8 Å². The van der Waals surface area contributed by atoms with Gasteiger partial charge in [-0.05, 0) is 23.8 Å². The largest absolute Gasteiger partial charge is 0.337 e. The Balaban J connectivity index is 1.31. The van der Waals surface area contributed by atoms with E-state index in [0.717, 1.165) is 48.8 Å². The molecular weight excluding hydrogens is 342 g/mol. The van der Waals surface area contributed by atoms with Gasteiger partial charge in [0.25, 0.3) is 0 Å². The van der Waals surface area contributed by atoms with E-state index in [9.17, 15) is 4.79 Å². The van der Waals surface area contributed by atoms with E-state index in [0.29, 0.717) is 0 Å². The number of thiazole rings is 1. The van der Waals surface area contributed by atoms with Crippen molar-refractivity contribution in [2.75, 3.05) is 26.2 Å². The van der Waals surface area contributed by atoms with Gasteiger partial charge < -0.3 is 4.90 Å². The zero-order chi connectivity index (χ0) is 17.8. The molecule has 132 valence electrons. The molecule has 2 heterocycles. The zero-order valence-corrected chi connectivity index (χ0v) is 15.4. The molecule has 1 saturated heterocycles. The highest BCUT2D eigenvalue weighted by molar-refractivity contribution is 7.18. The maximum absolute atomic E-state index is 12.4. The van der Waals surface area contributed by atoms with Gasteiger partial charge in [0.1, 0.15) is 5.01 Å². The summed E-state index contributed by atoms with van der Waals surface area (Å²) in [5.74, 6) is 0.0912. The predicted molar refractivity (Wildman–Crippen MR) is 107 cm³/mol. The van der Waals surface area contributed by atoms with Gasteiger partial charge in [-0.15, -0.1) is 11.3 Å². The lowest BCUT2D eigenvalue weighted by atomic mass is 10.2. The Morgan fingerprint density at radius 1 is 1.00 bits per heavy atom. The van der Waals surface area contributed by atoms with E-state index in [2.05, 4.69) is 23.1 Å². The highest BCUT2D eigenvalue weighted by Crippen LogP contribution is 2.23. The molecule has 1 amide bonds. The minimum absolute atomic E-state index is 0.0912. The summed E-state index contributed by atoms with van der Waals surface area (Å²) in [5, 5.41) is 1.15. The van der Waals surface area contributed by atoms with Crippen LogP contribution in [0, 0.1) is 0 Å². The van der Waals surface area contributed by atoms with Crippen LogP contribution >= 0.6 is 11.3 Å². The molecule has 3 aromatic rings. The number of fused-ring (bicyclic) bond motifs is 1. The van der Waals surface area contributed by atoms with E-state index in [4.69, 9.17) is 4.98 Å². The topological polar surface area (TPSA) is 36.4 Å². The van der Waals surface area contributed by atoms with E-state index < -0.39 is 0 Å². The molecule has 0 N–H and O–H groups in total. The standard InChI is InChI=1S/C21H21N3OS/c25-21(11-10-17-6-2-1-3-7-17)24-14-12-23(13-15-24)16-20-22-18-8-4-5-9-19(18)26-20/h1-11H,12-16H2. The van der Waals surface area contributed by atoms with Gasteiger partial charge in [0.2, 0.25) is 5.91 Å². The number of nitrogens with zero attached hydrogens (tertiary/aromatic N) is 3. The predicted octanol–water partition coefficient (Wildman–Crippen LogP) is 3.65. The monoisotopic (exact) mass is 363 g/mol. The summed E-state index contributed by atoms with van der Waals surface area (Å²) in [4.78, 5) is 21.4. The van der Waals surface area contributed by atoms with Crippen molar-refractivity contribution >= 4 is 33.5 Å². The smallest absolute Gasteiger partial charge is 0.246 e. The van der Waals surface area contributed by atoms with Gasteiger partial charge in [-0.2, -0.15) is 0 Å².